The number of methoxy groups -OCH3 is 1. The zero-order valence-electron chi connectivity index (χ0n) is 19.6. The molecule has 0 bridgehead atoms. The summed E-state index contributed by atoms with van der Waals surface area (Å²) >= 11 is 0. The van der Waals surface area contributed by atoms with Crippen LogP contribution in [-0.2, 0) is 19.0 Å². The van der Waals surface area contributed by atoms with Gasteiger partial charge in [-0.05, 0) is 26.0 Å². The highest BCUT2D eigenvalue weighted by molar-refractivity contribution is 5.82. The topological polar surface area (TPSA) is 114 Å². The molecule has 0 aromatic carbocycles. The van der Waals surface area contributed by atoms with Crippen molar-refractivity contribution in [3.8, 4) is 0 Å². The highest BCUT2D eigenvalue weighted by Gasteiger charge is 2.03. The number of hydrogen-bond acceptors (Lipinski definition) is 7. The molecule has 0 amide bonds. The van der Waals surface area contributed by atoms with Gasteiger partial charge < -0.3 is 25.7 Å². The third kappa shape index (κ3) is 25.4. The molecule has 0 aliphatic heterocycles. The molecule has 0 aliphatic carbocycles. The average molecular weight is 427 g/mol. The van der Waals surface area contributed by atoms with Crippen molar-refractivity contribution < 1.29 is 23.8 Å². The van der Waals surface area contributed by atoms with Gasteiger partial charge in [-0.2, -0.15) is 0 Å². The first-order valence-corrected chi connectivity index (χ1v) is 9.76. The van der Waals surface area contributed by atoms with Gasteiger partial charge in [0.15, 0.2) is 0 Å². The number of carbonyl (C=O) groups is 2. The lowest BCUT2D eigenvalue weighted by Gasteiger charge is -2.04. The summed E-state index contributed by atoms with van der Waals surface area (Å²) < 4.78 is 13.5. The van der Waals surface area contributed by atoms with Crippen LogP contribution in [0.1, 0.15) is 40.5 Å². The molecule has 0 aromatic rings. The summed E-state index contributed by atoms with van der Waals surface area (Å²) in [4.78, 5) is 21.0. The molecule has 0 aliphatic rings. The molecule has 7 nitrogen and oxygen atoms in total. The minimum absolute atomic E-state index is 0.215. The molecule has 0 rings (SSSR count). The van der Waals surface area contributed by atoms with Gasteiger partial charge in [0.05, 0.1) is 7.11 Å². The molecule has 174 valence electrons. The molecule has 0 spiro atoms. The Bertz CT molecular complexity index is 512. The zero-order chi connectivity index (χ0) is 24.4. The molecule has 0 fully saturated rings. The minimum atomic E-state index is -0.685. The molecule has 0 radical (unpaired) electrons. The normalized spacial score (nSPS) is 8.70. The van der Waals surface area contributed by atoms with Crippen molar-refractivity contribution in [1.82, 2.24) is 0 Å². The third-order valence-electron chi connectivity index (χ3n) is 3.32. The van der Waals surface area contributed by atoms with Crippen LogP contribution < -0.4 is 11.5 Å². The first-order chi connectivity index (χ1) is 14.3. The highest BCUT2D eigenvalue weighted by atomic mass is 16.7. The van der Waals surface area contributed by atoms with Gasteiger partial charge in [-0.25, -0.2) is 9.59 Å². The van der Waals surface area contributed by atoms with Gasteiger partial charge in [0.1, 0.15) is 12.4 Å². The summed E-state index contributed by atoms with van der Waals surface area (Å²) in [6.07, 6.45) is 9.65. The Kier molecular flexibility index (Phi) is 33.2. The summed E-state index contributed by atoms with van der Waals surface area (Å²) in [5, 5.41) is 0. The number of esters is 1. The first kappa shape index (κ1) is 34.8. The number of ether oxygens (including phenoxy) is 3. The van der Waals surface area contributed by atoms with Crippen LogP contribution in [-0.4, -0.2) is 39.4 Å². The fraction of sp³-hybridized carbons (Fsp3) is 0.478. The first-order valence-electron chi connectivity index (χ1n) is 9.76. The van der Waals surface area contributed by atoms with E-state index in [4.69, 9.17) is 10.5 Å². The van der Waals surface area contributed by atoms with E-state index in [1.165, 1.54) is 27.0 Å². The second-order valence-electron chi connectivity index (χ2n) is 5.37. The SMILES string of the molecule is C=CC(=O)OC(/C=C\C)=C(C=C)C=C.CCC(C)CC.CN.COC(=O)OCCN. The summed E-state index contributed by atoms with van der Waals surface area (Å²) in [5.41, 5.74) is 10.2. The summed E-state index contributed by atoms with van der Waals surface area (Å²) in [5.74, 6) is 0.853. The standard InChI is InChI=1S/C12H14O2.C6H14.C4H9NO3.CH5N/c1-5-9-11(10(6-2)7-3)14-12(13)8-4;1-4-6(3)5-2;1-7-4(6)8-3-2-5;1-2/h5-9H,2-4H2,1H3;6H,4-5H2,1-3H3;2-3,5H2,1H3;2H2,1H3/b9-5-;;;. The lowest BCUT2D eigenvalue weighted by atomic mass is 10.1. The Morgan fingerprint density at radius 3 is 1.80 bits per heavy atom. The fourth-order valence-electron chi connectivity index (χ4n) is 1.26. The summed E-state index contributed by atoms with van der Waals surface area (Å²) in [6, 6.07) is 0. The smallest absolute Gasteiger partial charge is 0.438 e. The van der Waals surface area contributed by atoms with E-state index in [1.807, 2.05) is 6.92 Å². The van der Waals surface area contributed by atoms with Crippen LogP contribution in [0, 0.1) is 5.92 Å². The van der Waals surface area contributed by atoms with Crippen LogP contribution in [0.2, 0.25) is 0 Å². The van der Waals surface area contributed by atoms with E-state index in [1.54, 1.807) is 24.3 Å². The maximum atomic E-state index is 11.0. The number of nitrogens with two attached hydrogens (primary N) is 2. The Morgan fingerprint density at radius 2 is 1.53 bits per heavy atom. The van der Waals surface area contributed by atoms with Crippen LogP contribution in [0.4, 0.5) is 4.79 Å². The van der Waals surface area contributed by atoms with Crippen LogP contribution in [0.5, 0.6) is 0 Å². The molecule has 0 aromatic heterocycles. The van der Waals surface area contributed by atoms with Crippen molar-refractivity contribution in [2.75, 3.05) is 27.3 Å². The summed E-state index contributed by atoms with van der Waals surface area (Å²) in [7, 11) is 2.75. The number of rotatable bonds is 9. The van der Waals surface area contributed by atoms with E-state index >= 15 is 0 Å². The van der Waals surface area contributed by atoms with Crippen molar-refractivity contribution in [2.24, 2.45) is 17.4 Å². The molecule has 7 heteroatoms. The number of allylic oxidation sites excluding steroid dienone is 5. The van der Waals surface area contributed by atoms with Gasteiger partial charge in [-0.1, -0.05) is 71.6 Å². The average Bonchev–Trinajstić information content (AvgIpc) is 2.79. The van der Waals surface area contributed by atoms with Gasteiger partial charge in [0, 0.05) is 18.2 Å². The molecule has 30 heavy (non-hydrogen) atoms. The molecule has 0 saturated heterocycles. The van der Waals surface area contributed by atoms with Crippen LogP contribution >= 0.6 is 0 Å². The maximum Gasteiger partial charge on any atom is 0.508 e. The number of carbonyl (C=O) groups excluding carboxylic acids is 2. The van der Waals surface area contributed by atoms with Crippen LogP contribution in [0.3, 0.4) is 0 Å². The highest BCUT2D eigenvalue weighted by Crippen LogP contribution is 2.11. The van der Waals surface area contributed by atoms with E-state index in [2.05, 4.69) is 55.7 Å². The van der Waals surface area contributed by atoms with E-state index in [0.29, 0.717) is 17.9 Å². The largest absolute Gasteiger partial charge is 0.508 e. The zero-order valence-corrected chi connectivity index (χ0v) is 19.6. The third-order valence-corrected chi connectivity index (χ3v) is 3.32. The van der Waals surface area contributed by atoms with Crippen molar-refractivity contribution in [1.29, 1.82) is 0 Å². The van der Waals surface area contributed by atoms with E-state index < -0.39 is 12.1 Å². The Balaban J connectivity index is -0.000000179. The number of hydrogen-bond donors (Lipinski definition) is 2. The Morgan fingerprint density at radius 1 is 1.03 bits per heavy atom. The second kappa shape index (κ2) is 28.6. The predicted molar refractivity (Wildman–Crippen MR) is 126 cm³/mol. The Labute approximate surface area is 183 Å². The van der Waals surface area contributed by atoms with Crippen LogP contribution in [0.25, 0.3) is 0 Å². The second-order valence-corrected chi connectivity index (χ2v) is 5.37. The molecule has 0 saturated carbocycles. The van der Waals surface area contributed by atoms with Crippen molar-refractivity contribution >= 4 is 12.1 Å². The van der Waals surface area contributed by atoms with Gasteiger partial charge in [0.2, 0.25) is 0 Å². The van der Waals surface area contributed by atoms with E-state index in [-0.39, 0.29) is 6.61 Å². The van der Waals surface area contributed by atoms with Gasteiger partial charge >= 0.3 is 12.1 Å². The molecule has 0 heterocycles. The van der Waals surface area contributed by atoms with Crippen molar-refractivity contribution in [2.45, 2.75) is 40.5 Å². The van der Waals surface area contributed by atoms with Crippen LogP contribution in [0.15, 0.2) is 61.4 Å². The summed E-state index contributed by atoms with van der Waals surface area (Å²) in [6.45, 7) is 19.6. The lowest BCUT2D eigenvalue weighted by Crippen LogP contribution is -2.12. The molecule has 0 atom stereocenters. The predicted octanol–water partition coefficient (Wildman–Crippen LogP) is 4.66. The van der Waals surface area contributed by atoms with E-state index in [9.17, 15) is 9.59 Å². The van der Waals surface area contributed by atoms with Gasteiger partial charge in [0.25, 0.3) is 0 Å². The molecular weight excluding hydrogens is 384 g/mol. The minimum Gasteiger partial charge on any atom is -0.438 e. The van der Waals surface area contributed by atoms with Crippen molar-refractivity contribution in [3.05, 3.63) is 61.4 Å². The molecular formula is C23H42N2O5. The monoisotopic (exact) mass is 426 g/mol. The maximum absolute atomic E-state index is 11.0. The van der Waals surface area contributed by atoms with Crippen molar-refractivity contribution in [3.63, 3.8) is 0 Å². The van der Waals surface area contributed by atoms with E-state index in [0.717, 1.165) is 12.0 Å². The Hall–Kier alpha value is -2.64. The quantitative estimate of drug-likeness (QED) is 0.238. The fourth-order valence-corrected chi connectivity index (χ4v) is 1.26. The van der Waals surface area contributed by atoms with Gasteiger partial charge in [-0.15, -0.1) is 0 Å². The lowest BCUT2D eigenvalue weighted by molar-refractivity contribution is -0.133. The van der Waals surface area contributed by atoms with Gasteiger partial charge in [-0.3, -0.25) is 0 Å². The molecule has 0 unspecified atom stereocenters. The molecule has 4 N–H and O–H groups in total.